The smallest absolute Gasteiger partial charge is 0.292 e. The molecule has 0 spiro atoms. The van der Waals surface area contributed by atoms with Crippen LogP contribution >= 0.6 is 11.6 Å². The zero-order chi connectivity index (χ0) is 18.7. The Morgan fingerprint density at radius 2 is 1.72 bits per heavy atom. The molecule has 0 N–H and O–H groups in total. The lowest BCUT2D eigenvalue weighted by atomic mass is 10.1. The van der Waals surface area contributed by atoms with Crippen LogP contribution in [0, 0.1) is 0 Å². The standard InChI is InChI=1S/C16H11ClF6N2/c17-13-7-11(15(18,19)20)9-25-14(13)5-6-24-8-10-3-1-2-4-12(10)16(21,22)23/h1-4,7-9H,5-6H2/b24-8+. The van der Waals surface area contributed by atoms with Gasteiger partial charge in [-0.1, -0.05) is 29.8 Å². The minimum atomic E-state index is -4.55. The van der Waals surface area contributed by atoms with Crippen molar-refractivity contribution < 1.29 is 26.3 Å². The van der Waals surface area contributed by atoms with E-state index >= 15 is 0 Å². The second kappa shape index (κ2) is 7.43. The Morgan fingerprint density at radius 1 is 1.04 bits per heavy atom. The summed E-state index contributed by atoms with van der Waals surface area (Å²) in [6.45, 7) is 0.0320. The van der Waals surface area contributed by atoms with Gasteiger partial charge in [0.05, 0.1) is 21.8 Å². The highest BCUT2D eigenvalue weighted by atomic mass is 35.5. The van der Waals surface area contributed by atoms with Crippen molar-refractivity contribution in [2.45, 2.75) is 18.8 Å². The Labute approximate surface area is 144 Å². The van der Waals surface area contributed by atoms with Crippen LogP contribution in [0.25, 0.3) is 0 Å². The summed E-state index contributed by atoms with van der Waals surface area (Å²) in [5.41, 5.74) is -1.69. The van der Waals surface area contributed by atoms with E-state index in [0.29, 0.717) is 6.20 Å². The number of benzene rings is 1. The van der Waals surface area contributed by atoms with E-state index in [1.807, 2.05) is 0 Å². The largest absolute Gasteiger partial charge is 0.417 e. The lowest BCUT2D eigenvalue weighted by Gasteiger charge is -2.09. The van der Waals surface area contributed by atoms with Crippen molar-refractivity contribution in [2.75, 3.05) is 6.54 Å². The Hall–Kier alpha value is -2.09. The molecule has 0 amide bonds. The number of hydrogen-bond acceptors (Lipinski definition) is 2. The second-order valence-corrected chi connectivity index (χ2v) is 5.43. The number of aromatic nitrogens is 1. The van der Waals surface area contributed by atoms with Crippen LogP contribution in [0.3, 0.4) is 0 Å². The first-order valence-electron chi connectivity index (χ1n) is 6.96. The fraction of sp³-hybridized carbons (Fsp3) is 0.250. The number of nitrogens with zero attached hydrogens (tertiary/aromatic N) is 2. The second-order valence-electron chi connectivity index (χ2n) is 5.02. The summed E-state index contributed by atoms with van der Waals surface area (Å²) < 4.78 is 76.0. The first-order valence-corrected chi connectivity index (χ1v) is 7.34. The van der Waals surface area contributed by atoms with Gasteiger partial charge in [-0.3, -0.25) is 9.98 Å². The first-order chi connectivity index (χ1) is 11.6. The molecule has 2 nitrogen and oxygen atoms in total. The lowest BCUT2D eigenvalue weighted by molar-refractivity contribution is -0.138. The van der Waals surface area contributed by atoms with Crippen molar-refractivity contribution in [3.8, 4) is 0 Å². The highest BCUT2D eigenvalue weighted by Gasteiger charge is 2.32. The molecule has 0 radical (unpaired) electrons. The molecule has 0 atom stereocenters. The summed E-state index contributed by atoms with van der Waals surface area (Å²) in [5.74, 6) is 0. The van der Waals surface area contributed by atoms with Gasteiger partial charge in [0.1, 0.15) is 0 Å². The SMILES string of the molecule is FC(F)(F)c1cnc(CC/N=C/c2ccccc2C(F)(F)F)c(Cl)c1. The fourth-order valence-electron chi connectivity index (χ4n) is 2.01. The molecule has 0 saturated heterocycles. The van der Waals surface area contributed by atoms with Crippen LogP contribution in [0.5, 0.6) is 0 Å². The maximum absolute atomic E-state index is 12.8. The fourth-order valence-corrected chi connectivity index (χ4v) is 2.27. The quantitative estimate of drug-likeness (QED) is 0.512. The van der Waals surface area contributed by atoms with E-state index in [-0.39, 0.29) is 29.2 Å². The van der Waals surface area contributed by atoms with Gasteiger partial charge in [0.2, 0.25) is 0 Å². The summed E-state index contributed by atoms with van der Waals surface area (Å²) in [4.78, 5) is 7.52. The van der Waals surface area contributed by atoms with Gasteiger partial charge in [-0.05, 0) is 12.1 Å². The summed E-state index contributed by atoms with van der Waals surface area (Å²) in [6.07, 6.45) is -7.22. The molecule has 1 aromatic heterocycles. The van der Waals surface area contributed by atoms with Crippen molar-refractivity contribution >= 4 is 17.8 Å². The molecule has 134 valence electrons. The highest BCUT2D eigenvalue weighted by molar-refractivity contribution is 6.31. The van der Waals surface area contributed by atoms with Gasteiger partial charge in [0.15, 0.2) is 0 Å². The zero-order valence-corrected chi connectivity index (χ0v) is 13.3. The van der Waals surface area contributed by atoms with Gasteiger partial charge < -0.3 is 0 Å². The van der Waals surface area contributed by atoms with E-state index in [1.54, 1.807) is 0 Å². The normalized spacial score (nSPS) is 12.8. The minimum Gasteiger partial charge on any atom is -0.292 e. The van der Waals surface area contributed by atoms with Crippen LogP contribution in [0.2, 0.25) is 5.02 Å². The van der Waals surface area contributed by atoms with E-state index in [9.17, 15) is 26.3 Å². The maximum Gasteiger partial charge on any atom is 0.417 e. The highest BCUT2D eigenvalue weighted by Crippen LogP contribution is 2.32. The number of aliphatic imine (C=N–C) groups is 1. The average Bonchev–Trinajstić information content (AvgIpc) is 2.51. The number of halogens is 7. The molecule has 1 heterocycles. The maximum atomic E-state index is 12.8. The summed E-state index contributed by atoms with van der Waals surface area (Å²) >= 11 is 5.75. The van der Waals surface area contributed by atoms with Crippen molar-refractivity contribution in [2.24, 2.45) is 4.99 Å². The first kappa shape index (κ1) is 19.2. The molecule has 9 heteroatoms. The van der Waals surface area contributed by atoms with Gasteiger partial charge in [-0.15, -0.1) is 0 Å². The third-order valence-corrected chi connectivity index (χ3v) is 3.55. The molecule has 2 rings (SSSR count). The predicted molar refractivity (Wildman–Crippen MR) is 81.9 cm³/mol. The molecule has 1 aromatic carbocycles. The van der Waals surface area contributed by atoms with Gasteiger partial charge in [0.25, 0.3) is 0 Å². The topological polar surface area (TPSA) is 25.2 Å². The Bertz CT molecular complexity index is 768. The molecule has 2 aromatic rings. The third kappa shape index (κ3) is 5.19. The van der Waals surface area contributed by atoms with Crippen molar-refractivity contribution in [1.82, 2.24) is 4.98 Å². The molecule has 0 saturated carbocycles. The van der Waals surface area contributed by atoms with Gasteiger partial charge in [-0.25, -0.2) is 0 Å². The van der Waals surface area contributed by atoms with Crippen LogP contribution in [0.15, 0.2) is 41.5 Å². The number of rotatable bonds is 4. The molecule has 0 unspecified atom stereocenters. The molecule has 0 bridgehead atoms. The monoisotopic (exact) mass is 380 g/mol. The van der Waals surface area contributed by atoms with Crippen LogP contribution in [-0.2, 0) is 18.8 Å². The zero-order valence-electron chi connectivity index (χ0n) is 12.5. The Kier molecular flexibility index (Phi) is 5.72. The van der Waals surface area contributed by atoms with Crippen LogP contribution in [-0.4, -0.2) is 17.7 Å². The number of pyridine rings is 1. The summed E-state index contributed by atoms with van der Waals surface area (Å²) in [6, 6.07) is 5.69. The number of hydrogen-bond donors (Lipinski definition) is 0. The van der Waals surface area contributed by atoms with Crippen LogP contribution in [0.1, 0.15) is 22.4 Å². The molecule has 25 heavy (non-hydrogen) atoms. The molecular weight excluding hydrogens is 370 g/mol. The van der Waals surface area contributed by atoms with Gasteiger partial charge in [0, 0.05) is 30.9 Å². The van der Waals surface area contributed by atoms with Crippen molar-refractivity contribution in [3.05, 3.63) is 63.9 Å². The predicted octanol–water partition coefficient (Wildman–Crippen LogP) is 5.43. The summed E-state index contributed by atoms with van der Waals surface area (Å²) in [7, 11) is 0. The van der Waals surface area contributed by atoms with Crippen molar-refractivity contribution in [3.63, 3.8) is 0 Å². The minimum absolute atomic E-state index is 0.0320. The van der Waals surface area contributed by atoms with E-state index in [4.69, 9.17) is 11.6 Å². The van der Waals surface area contributed by atoms with E-state index in [1.165, 1.54) is 18.2 Å². The van der Waals surface area contributed by atoms with Crippen LogP contribution in [0.4, 0.5) is 26.3 Å². The van der Waals surface area contributed by atoms with E-state index in [0.717, 1.165) is 18.3 Å². The Morgan fingerprint density at radius 3 is 2.32 bits per heavy atom. The van der Waals surface area contributed by atoms with E-state index in [2.05, 4.69) is 9.98 Å². The molecule has 0 aliphatic heterocycles. The Balaban J connectivity index is 2.06. The molecule has 0 aliphatic rings. The molecule has 0 aliphatic carbocycles. The molecular formula is C16H11ClF6N2. The van der Waals surface area contributed by atoms with Crippen molar-refractivity contribution in [1.29, 1.82) is 0 Å². The van der Waals surface area contributed by atoms with Gasteiger partial charge >= 0.3 is 12.4 Å². The van der Waals surface area contributed by atoms with Crippen LogP contribution < -0.4 is 0 Å². The third-order valence-electron chi connectivity index (χ3n) is 3.22. The lowest BCUT2D eigenvalue weighted by Crippen LogP contribution is -2.09. The average molecular weight is 381 g/mol. The number of alkyl halides is 6. The van der Waals surface area contributed by atoms with E-state index < -0.39 is 23.5 Å². The van der Waals surface area contributed by atoms with Gasteiger partial charge in [-0.2, -0.15) is 26.3 Å². The summed E-state index contributed by atoms with van der Waals surface area (Å²) in [5, 5.41) is -0.166. The molecule has 0 fully saturated rings.